The predicted octanol–water partition coefficient (Wildman–Crippen LogP) is 5.35. The van der Waals surface area contributed by atoms with Crippen LogP contribution >= 0.6 is 22.6 Å². The summed E-state index contributed by atoms with van der Waals surface area (Å²) in [5.41, 5.74) is 5.63. The summed E-state index contributed by atoms with van der Waals surface area (Å²) in [5, 5.41) is 4.10. The summed E-state index contributed by atoms with van der Waals surface area (Å²) >= 11 is 2.22. The van der Waals surface area contributed by atoms with E-state index in [1.165, 1.54) is 0 Å². The molecule has 0 radical (unpaired) electrons. The number of hydrogen-bond donors (Lipinski definition) is 1. The molecule has 0 saturated heterocycles. The summed E-state index contributed by atoms with van der Waals surface area (Å²) in [6.45, 7) is 2.91. The molecule has 0 atom stereocenters. The van der Waals surface area contributed by atoms with Gasteiger partial charge in [0.15, 0.2) is 11.5 Å². The maximum atomic E-state index is 12.0. The lowest BCUT2D eigenvalue weighted by Crippen LogP contribution is -2.17. The number of hydrogen-bond acceptors (Lipinski definition) is 4. The molecule has 3 aromatic carbocycles. The zero-order chi connectivity index (χ0) is 21.9. The van der Waals surface area contributed by atoms with Crippen molar-refractivity contribution in [3.63, 3.8) is 0 Å². The van der Waals surface area contributed by atoms with E-state index in [2.05, 4.69) is 33.1 Å². The molecule has 0 bridgehead atoms. The van der Waals surface area contributed by atoms with E-state index in [1.807, 2.05) is 79.7 Å². The molecule has 0 aliphatic carbocycles. The maximum absolute atomic E-state index is 12.0. The number of carbonyl (C=O) groups is 1. The van der Waals surface area contributed by atoms with Gasteiger partial charge in [0.2, 0.25) is 5.91 Å². The number of aryl methyl sites for hydroxylation is 1. The van der Waals surface area contributed by atoms with Crippen molar-refractivity contribution in [3.05, 3.63) is 93.1 Å². The molecule has 0 heterocycles. The summed E-state index contributed by atoms with van der Waals surface area (Å²) in [6, 6.07) is 23.7. The monoisotopic (exact) mass is 528 g/mol. The number of nitrogens with zero attached hydrogens (tertiary/aromatic N) is 1. The van der Waals surface area contributed by atoms with Gasteiger partial charge in [0, 0.05) is 6.42 Å². The van der Waals surface area contributed by atoms with E-state index in [0.29, 0.717) is 37.6 Å². The Balaban J connectivity index is 1.60. The summed E-state index contributed by atoms with van der Waals surface area (Å²) in [6.07, 6.45) is 2.68. The number of hydrazone groups is 1. The van der Waals surface area contributed by atoms with Crippen LogP contribution in [0, 0.1) is 3.57 Å². The number of amides is 1. The van der Waals surface area contributed by atoms with Gasteiger partial charge in [-0.3, -0.25) is 4.79 Å². The van der Waals surface area contributed by atoms with Crippen molar-refractivity contribution in [2.24, 2.45) is 5.10 Å². The van der Waals surface area contributed by atoms with E-state index in [0.717, 1.165) is 20.3 Å². The third kappa shape index (κ3) is 7.40. The Hall–Kier alpha value is -2.87. The predicted molar refractivity (Wildman–Crippen MR) is 132 cm³/mol. The fourth-order valence-electron chi connectivity index (χ4n) is 2.93. The number of benzene rings is 3. The lowest BCUT2D eigenvalue weighted by molar-refractivity contribution is -0.121. The number of carbonyl (C=O) groups excluding carboxylic acids is 1. The van der Waals surface area contributed by atoms with Crippen molar-refractivity contribution in [2.45, 2.75) is 26.4 Å². The maximum Gasteiger partial charge on any atom is 0.240 e. The van der Waals surface area contributed by atoms with Crippen LogP contribution in [0.4, 0.5) is 0 Å². The lowest BCUT2D eigenvalue weighted by Gasteiger charge is -2.14. The van der Waals surface area contributed by atoms with Crippen LogP contribution in [-0.4, -0.2) is 18.7 Å². The first kappa shape index (κ1) is 22.8. The zero-order valence-electron chi connectivity index (χ0n) is 17.4. The molecular weight excluding hydrogens is 503 g/mol. The average Bonchev–Trinajstić information content (AvgIpc) is 2.79. The topological polar surface area (TPSA) is 59.9 Å². The fraction of sp³-hybridized carbons (Fsp3) is 0.200. The average molecular weight is 528 g/mol. The number of halogens is 1. The molecule has 0 unspecified atom stereocenters. The van der Waals surface area contributed by atoms with E-state index in [4.69, 9.17) is 9.47 Å². The highest BCUT2D eigenvalue weighted by Crippen LogP contribution is 2.34. The van der Waals surface area contributed by atoms with E-state index in [9.17, 15) is 4.79 Å². The first-order valence-corrected chi connectivity index (χ1v) is 11.2. The molecule has 0 aliphatic rings. The molecule has 0 spiro atoms. The van der Waals surface area contributed by atoms with Crippen LogP contribution in [0.25, 0.3) is 0 Å². The summed E-state index contributed by atoms with van der Waals surface area (Å²) in [5.74, 6) is 1.24. The standard InChI is InChI=1S/C25H25IN2O3/c1-2-30-23-16-21(15-22(26)25(23)31-18-20-11-7-4-8-12-20)17-27-28-24(29)14-13-19-9-5-3-6-10-19/h3-12,15-17H,2,13-14,18H2,1H3,(H,28,29)/b27-17-. The molecular formula is C25H25IN2O3. The Bertz CT molecular complexity index is 1010. The second-order valence-electron chi connectivity index (χ2n) is 6.82. The minimum absolute atomic E-state index is 0.123. The fourth-order valence-corrected chi connectivity index (χ4v) is 3.71. The van der Waals surface area contributed by atoms with Gasteiger partial charge in [-0.1, -0.05) is 60.7 Å². The zero-order valence-corrected chi connectivity index (χ0v) is 19.5. The van der Waals surface area contributed by atoms with Gasteiger partial charge in [0.05, 0.1) is 16.4 Å². The van der Waals surface area contributed by atoms with Crippen LogP contribution in [0.15, 0.2) is 77.9 Å². The smallest absolute Gasteiger partial charge is 0.240 e. The second kappa shape index (κ2) is 12.1. The summed E-state index contributed by atoms with van der Waals surface area (Å²) in [4.78, 5) is 12.0. The third-order valence-electron chi connectivity index (χ3n) is 4.44. The van der Waals surface area contributed by atoms with Gasteiger partial charge in [0.1, 0.15) is 6.61 Å². The van der Waals surface area contributed by atoms with Crippen molar-refractivity contribution in [1.82, 2.24) is 5.43 Å². The third-order valence-corrected chi connectivity index (χ3v) is 5.25. The summed E-state index contributed by atoms with van der Waals surface area (Å²) in [7, 11) is 0. The Morgan fingerprint density at radius 1 is 1.00 bits per heavy atom. The van der Waals surface area contributed by atoms with Gasteiger partial charge in [-0.25, -0.2) is 5.43 Å². The van der Waals surface area contributed by atoms with Crippen molar-refractivity contribution in [3.8, 4) is 11.5 Å². The largest absolute Gasteiger partial charge is 0.490 e. The van der Waals surface area contributed by atoms with Crippen molar-refractivity contribution < 1.29 is 14.3 Å². The van der Waals surface area contributed by atoms with Gasteiger partial charge in [0.25, 0.3) is 0 Å². The van der Waals surface area contributed by atoms with Crippen LogP contribution < -0.4 is 14.9 Å². The Morgan fingerprint density at radius 3 is 2.35 bits per heavy atom. The number of nitrogens with one attached hydrogen (secondary N) is 1. The molecule has 6 heteroatoms. The van der Waals surface area contributed by atoms with Crippen molar-refractivity contribution >= 4 is 34.7 Å². The highest BCUT2D eigenvalue weighted by atomic mass is 127. The minimum Gasteiger partial charge on any atom is -0.490 e. The molecule has 31 heavy (non-hydrogen) atoms. The van der Waals surface area contributed by atoms with E-state index < -0.39 is 0 Å². The van der Waals surface area contributed by atoms with Crippen LogP contribution in [0.1, 0.15) is 30.0 Å². The molecule has 0 aliphatic heterocycles. The van der Waals surface area contributed by atoms with E-state index >= 15 is 0 Å². The number of rotatable bonds is 10. The highest BCUT2D eigenvalue weighted by molar-refractivity contribution is 14.1. The Labute approximate surface area is 196 Å². The van der Waals surface area contributed by atoms with E-state index in [-0.39, 0.29) is 5.91 Å². The first-order valence-electron chi connectivity index (χ1n) is 10.1. The Morgan fingerprint density at radius 2 is 1.68 bits per heavy atom. The van der Waals surface area contributed by atoms with Gasteiger partial charge >= 0.3 is 0 Å². The van der Waals surface area contributed by atoms with Gasteiger partial charge < -0.3 is 9.47 Å². The van der Waals surface area contributed by atoms with Crippen LogP contribution in [0.3, 0.4) is 0 Å². The first-order chi connectivity index (χ1) is 15.2. The minimum atomic E-state index is -0.123. The van der Waals surface area contributed by atoms with Gasteiger partial charge in [-0.05, 0) is 64.8 Å². The lowest BCUT2D eigenvalue weighted by atomic mass is 10.1. The van der Waals surface area contributed by atoms with Crippen molar-refractivity contribution in [1.29, 1.82) is 0 Å². The van der Waals surface area contributed by atoms with Gasteiger partial charge in [-0.2, -0.15) is 5.10 Å². The quantitative estimate of drug-likeness (QED) is 0.219. The molecule has 3 rings (SSSR count). The molecule has 1 amide bonds. The molecule has 5 nitrogen and oxygen atoms in total. The molecule has 160 valence electrons. The second-order valence-corrected chi connectivity index (χ2v) is 7.98. The Kier molecular flexibility index (Phi) is 8.90. The molecule has 0 aromatic heterocycles. The van der Waals surface area contributed by atoms with E-state index in [1.54, 1.807) is 6.21 Å². The molecule has 0 saturated carbocycles. The molecule has 1 N–H and O–H groups in total. The van der Waals surface area contributed by atoms with Crippen LogP contribution in [0.2, 0.25) is 0 Å². The SMILES string of the molecule is CCOc1cc(/C=N\NC(=O)CCc2ccccc2)cc(I)c1OCc1ccccc1. The number of ether oxygens (including phenoxy) is 2. The molecule has 3 aromatic rings. The van der Waals surface area contributed by atoms with Crippen molar-refractivity contribution in [2.75, 3.05) is 6.61 Å². The molecule has 0 fully saturated rings. The summed E-state index contributed by atoms with van der Waals surface area (Å²) < 4.78 is 12.7. The van der Waals surface area contributed by atoms with Crippen LogP contribution in [-0.2, 0) is 17.8 Å². The van der Waals surface area contributed by atoms with Gasteiger partial charge in [-0.15, -0.1) is 0 Å². The highest BCUT2D eigenvalue weighted by Gasteiger charge is 2.12. The normalized spacial score (nSPS) is 10.8. The van der Waals surface area contributed by atoms with Crippen LogP contribution in [0.5, 0.6) is 11.5 Å².